The number of aromatic amines is 1. The van der Waals surface area contributed by atoms with E-state index in [0.29, 0.717) is 18.7 Å². The van der Waals surface area contributed by atoms with Gasteiger partial charge in [0.25, 0.3) is 0 Å². The molecule has 2 saturated heterocycles. The van der Waals surface area contributed by atoms with Crippen molar-refractivity contribution in [3.8, 4) is 0 Å². The lowest BCUT2D eigenvalue weighted by atomic mass is 10.1. The monoisotopic (exact) mass is 342 g/mol. The van der Waals surface area contributed by atoms with Crippen LogP contribution in [-0.4, -0.2) is 46.4 Å². The normalized spacial score (nSPS) is 21.0. The second-order valence-electron chi connectivity index (χ2n) is 6.68. The maximum Gasteiger partial charge on any atom is 0.243 e. The van der Waals surface area contributed by atoms with Crippen LogP contribution in [0.2, 0.25) is 0 Å². The average molecular weight is 342 g/mol. The van der Waals surface area contributed by atoms with E-state index in [1.165, 1.54) is 0 Å². The molecule has 4 rings (SSSR count). The maximum absolute atomic E-state index is 12.2. The number of imidazole rings is 1. The van der Waals surface area contributed by atoms with Crippen LogP contribution in [-0.2, 0) is 14.3 Å². The van der Waals surface area contributed by atoms with Crippen LogP contribution in [0.25, 0.3) is 11.0 Å². The Labute approximate surface area is 145 Å². The molecule has 0 radical (unpaired) electrons. The Morgan fingerprint density at radius 3 is 3.08 bits per heavy atom. The Balaban J connectivity index is 1.44. The van der Waals surface area contributed by atoms with Crippen molar-refractivity contribution in [1.82, 2.24) is 14.9 Å². The Bertz CT molecular complexity index is 795. The van der Waals surface area contributed by atoms with Crippen LogP contribution >= 0.6 is 0 Å². The zero-order chi connectivity index (χ0) is 17.2. The van der Waals surface area contributed by atoms with Crippen LogP contribution in [0.5, 0.6) is 0 Å². The molecule has 0 spiro atoms. The van der Waals surface area contributed by atoms with Gasteiger partial charge in [0.15, 0.2) is 0 Å². The van der Waals surface area contributed by atoms with Crippen LogP contribution in [0.1, 0.15) is 44.0 Å². The maximum atomic E-state index is 12.2. The molecule has 2 aromatic rings. The topological polar surface area (TPSA) is 87.3 Å². The number of rotatable bonds is 4. The Morgan fingerprint density at radius 2 is 2.28 bits per heavy atom. The van der Waals surface area contributed by atoms with E-state index < -0.39 is 0 Å². The molecule has 2 amide bonds. The molecule has 7 heteroatoms. The van der Waals surface area contributed by atoms with Gasteiger partial charge in [0.2, 0.25) is 11.8 Å². The van der Waals surface area contributed by atoms with Gasteiger partial charge in [-0.05, 0) is 43.9 Å². The minimum Gasteiger partial charge on any atom is -0.370 e. The van der Waals surface area contributed by atoms with Gasteiger partial charge >= 0.3 is 0 Å². The molecular formula is C18H22N4O3. The lowest BCUT2D eigenvalue weighted by Gasteiger charge is -2.25. The molecule has 3 heterocycles. The third-order valence-corrected chi connectivity index (χ3v) is 4.77. The first kappa shape index (κ1) is 16.1. The lowest BCUT2D eigenvalue weighted by Crippen LogP contribution is -2.40. The molecule has 132 valence electrons. The molecule has 0 bridgehead atoms. The van der Waals surface area contributed by atoms with E-state index in [-0.39, 0.29) is 24.5 Å². The molecule has 2 fully saturated rings. The van der Waals surface area contributed by atoms with Gasteiger partial charge in [-0.25, -0.2) is 4.98 Å². The number of nitrogens with one attached hydrogen (secondary N) is 2. The van der Waals surface area contributed by atoms with Gasteiger partial charge in [-0.1, -0.05) is 0 Å². The number of hydrogen-bond donors (Lipinski definition) is 2. The van der Waals surface area contributed by atoms with Gasteiger partial charge in [0.05, 0.1) is 17.6 Å². The lowest BCUT2D eigenvalue weighted by molar-refractivity contribution is -0.136. The second kappa shape index (κ2) is 6.84. The summed E-state index contributed by atoms with van der Waals surface area (Å²) < 4.78 is 5.66. The van der Waals surface area contributed by atoms with Gasteiger partial charge in [0.1, 0.15) is 11.9 Å². The number of aromatic nitrogens is 2. The van der Waals surface area contributed by atoms with Crippen molar-refractivity contribution in [3.05, 3.63) is 24.0 Å². The SMILES string of the molecule is O=C(CN1CCCCC1=O)Nc1ccc2nc([C@@H]3CCCO3)[nH]c2c1. The molecule has 2 aliphatic rings. The summed E-state index contributed by atoms with van der Waals surface area (Å²) in [7, 11) is 0. The van der Waals surface area contributed by atoms with Crippen molar-refractivity contribution in [1.29, 1.82) is 0 Å². The standard InChI is InChI=1S/C18H22N4O3/c23-16(11-22-8-2-1-5-17(22)24)19-12-6-7-13-14(10-12)21-18(20-13)15-4-3-9-25-15/h6-7,10,15H,1-5,8-9,11H2,(H,19,23)(H,20,21)/t15-/m0/s1. The number of fused-ring (bicyclic) bond motifs is 1. The number of likely N-dealkylation sites (tertiary alicyclic amines) is 1. The quantitative estimate of drug-likeness (QED) is 0.893. The zero-order valence-electron chi connectivity index (χ0n) is 14.1. The summed E-state index contributed by atoms with van der Waals surface area (Å²) in [5, 5.41) is 2.87. The van der Waals surface area contributed by atoms with Gasteiger partial charge in [0, 0.05) is 25.3 Å². The number of hydrogen-bond acceptors (Lipinski definition) is 4. The van der Waals surface area contributed by atoms with Crippen molar-refractivity contribution in [2.24, 2.45) is 0 Å². The second-order valence-corrected chi connectivity index (χ2v) is 6.68. The summed E-state index contributed by atoms with van der Waals surface area (Å²) in [5.41, 5.74) is 2.43. The summed E-state index contributed by atoms with van der Waals surface area (Å²) in [6.45, 7) is 1.55. The van der Waals surface area contributed by atoms with E-state index in [9.17, 15) is 9.59 Å². The zero-order valence-corrected chi connectivity index (χ0v) is 14.1. The Morgan fingerprint density at radius 1 is 1.36 bits per heavy atom. The number of benzene rings is 1. The van der Waals surface area contributed by atoms with E-state index in [1.807, 2.05) is 18.2 Å². The van der Waals surface area contributed by atoms with Crippen molar-refractivity contribution >= 4 is 28.5 Å². The highest BCUT2D eigenvalue weighted by molar-refractivity contribution is 5.96. The van der Waals surface area contributed by atoms with Crippen LogP contribution in [0.15, 0.2) is 18.2 Å². The first-order valence-corrected chi connectivity index (χ1v) is 8.88. The smallest absolute Gasteiger partial charge is 0.243 e. The molecule has 0 saturated carbocycles. The molecule has 0 unspecified atom stereocenters. The first-order valence-electron chi connectivity index (χ1n) is 8.88. The van der Waals surface area contributed by atoms with Crippen LogP contribution in [0.3, 0.4) is 0 Å². The Hall–Kier alpha value is -2.41. The van der Waals surface area contributed by atoms with Gasteiger partial charge < -0.3 is 19.9 Å². The summed E-state index contributed by atoms with van der Waals surface area (Å²) in [6, 6.07) is 5.58. The minimum absolute atomic E-state index is 0.0376. The predicted molar refractivity (Wildman–Crippen MR) is 93.1 cm³/mol. The number of amides is 2. The van der Waals surface area contributed by atoms with Gasteiger partial charge in [-0.15, -0.1) is 0 Å². The predicted octanol–water partition coefficient (Wildman–Crippen LogP) is 2.37. The van der Waals surface area contributed by atoms with Crippen LogP contribution < -0.4 is 5.32 Å². The van der Waals surface area contributed by atoms with Gasteiger partial charge in [-0.2, -0.15) is 0 Å². The third kappa shape index (κ3) is 3.51. The van der Waals surface area contributed by atoms with Crippen molar-refractivity contribution in [2.75, 3.05) is 25.0 Å². The van der Waals surface area contributed by atoms with Gasteiger partial charge in [-0.3, -0.25) is 9.59 Å². The molecular weight excluding hydrogens is 320 g/mol. The molecule has 0 aliphatic carbocycles. The van der Waals surface area contributed by atoms with E-state index >= 15 is 0 Å². The highest BCUT2D eigenvalue weighted by Crippen LogP contribution is 2.28. The molecule has 1 aromatic heterocycles. The molecule has 1 aromatic carbocycles. The van der Waals surface area contributed by atoms with Crippen molar-refractivity contribution in [2.45, 2.75) is 38.2 Å². The minimum atomic E-state index is -0.173. The number of anilines is 1. The van der Waals surface area contributed by atoms with E-state index in [4.69, 9.17) is 4.74 Å². The number of carbonyl (C=O) groups is 2. The van der Waals surface area contributed by atoms with E-state index in [2.05, 4.69) is 15.3 Å². The van der Waals surface area contributed by atoms with Crippen molar-refractivity contribution < 1.29 is 14.3 Å². The fourth-order valence-corrected chi connectivity index (χ4v) is 3.46. The number of nitrogens with zero attached hydrogens (tertiary/aromatic N) is 2. The largest absolute Gasteiger partial charge is 0.370 e. The van der Waals surface area contributed by atoms with Crippen LogP contribution in [0, 0.1) is 0 Å². The highest BCUT2D eigenvalue weighted by atomic mass is 16.5. The highest BCUT2D eigenvalue weighted by Gasteiger charge is 2.22. The Kier molecular flexibility index (Phi) is 4.40. The summed E-state index contributed by atoms with van der Waals surface area (Å²) in [6.07, 6.45) is 4.49. The summed E-state index contributed by atoms with van der Waals surface area (Å²) in [4.78, 5) is 33.5. The number of piperidine rings is 1. The average Bonchev–Trinajstić information content (AvgIpc) is 3.25. The summed E-state index contributed by atoms with van der Waals surface area (Å²) >= 11 is 0. The number of H-pyrrole nitrogens is 1. The summed E-state index contributed by atoms with van der Waals surface area (Å²) in [5.74, 6) is 0.731. The van der Waals surface area contributed by atoms with Crippen molar-refractivity contribution in [3.63, 3.8) is 0 Å². The number of carbonyl (C=O) groups excluding carboxylic acids is 2. The van der Waals surface area contributed by atoms with E-state index in [0.717, 1.165) is 49.1 Å². The molecule has 1 atom stereocenters. The molecule has 25 heavy (non-hydrogen) atoms. The molecule has 2 aliphatic heterocycles. The fourth-order valence-electron chi connectivity index (χ4n) is 3.46. The van der Waals surface area contributed by atoms with Crippen LogP contribution in [0.4, 0.5) is 5.69 Å². The molecule has 2 N–H and O–H groups in total. The number of ether oxygens (including phenoxy) is 1. The first-order chi connectivity index (χ1) is 12.2. The fraction of sp³-hybridized carbons (Fsp3) is 0.500. The van der Waals surface area contributed by atoms with E-state index in [1.54, 1.807) is 4.90 Å². The molecule has 7 nitrogen and oxygen atoms in total. The third-order valence-electron chi connectivity index (χ3n) is 4.77.